The molecule has 0 aromatic rings. The van der Waals surface area contributed by atoms with Gasteiger partial charge in [-0.1, -0.05) is 0 Å². The third kappa shape index (κ3) is 4.23. The van der Waals surface area contributed by atoms with Crippen LogP contribution in [0.25, 0.3) is 0 Å². The van der Waals surface area contributed by atoms with E-state index in [0.29, 0.717) is 25.9 Å². The van der Waals surface area contributed by atoms with Gasteiger partial charge >= 0.3 is 12.0 Å². The van der Waals surface area contributed by atoms with Gasteiger partial charge in [0, 0.05) is 26.1 Å². The van der Waals surface area contributed by atoms with Crippen molar-refractivity contribution in [2.24, 2.45) is 0 Å². The van der Waals surface area contributed by atoms with Gasteiger partial charge in [0.2, 0.25) is 5.91 Å². The Morgan fingerprint density at radius 2 is 1.83 bits per heavy atom. The summed E-state index contributed by atoms with van der Waals surface area (Å²) in [6, 6.07) is -1.17. The maximum absolute atomic E-state index is 11.7. The van der Waals surface area contributed by atoms with Crippen molar-refractivity contribution in [2.45, 2.75) is 38.8 Å². The van der Waals surface area contributed by atoms with Crippen molar-refractivity contribution in [1.82, 2.24) is 15.5 Å². The second-order valence-corrected chi connectivity index (χ2v) is 4.47. The van der Waals surface area contributed by atoms with E-state index in [1.807, 2.05) is 0 Å². The number of carboxylic acid groups (broad SMARTS) is 1. The second-order valence-electron chi connectivity index (χ2n) is 4.47. The Morgan fingerprint density at radius 1 is 1.28 bits per heavy atom. The smallest absolute Gasteiger partial charge is 0.325 e. The summed E-state index contributed by atoms with van der Waals surface area (Å²) in [6.45, 7) is 3.92. The van der Waals surface area contributed by atoms with Crippen molar-refractivity contribution in [1.29, 1.82) is 0 Å². The largest absolute Gasteiger partial charge is 0.480 e. The van der Waals surface area contributed by atoms with Gasteiger partial charge in [-0.15, -0.1) is 0 Å². The minimum atomic E-state index is -1.06. The number of amides is 3. The summed E-state index contributed by atoms with van der Waals surface area (Å²) in [5.41, 5.74) is 0. The predicted octanol–water partition coefficient (Wildman–Crippen LogP) is -0.230. The molecular weight excluding hydrogens is 238 g/mol. The normalized spacial score (nSPS) is 18.0. The van der Waals surface area contributed by atoms with E-state index in [-0.39, 0.29) is 18.0 Å². The van der Waals surface area contributed by atoms with Gasteiger partial charge in [-0.2, -0.15) is 0 Å². The Kier molecular flexibility index (Phi) is 4.94. The molecule has 3 amide bonds. The van der Waals surface area contributed by atoms with Crippen LogP contribution in [0.4, 0.5) is 4.79 Å². The lowest BCUT2D eigenvalue weighted by molar-refractivity contribution is -0.138. The van der Waals surface area contributed by atoms with Gasteiger partial charge in [0.05, 0.1) is 0 Å². The highest BCUT2D eigenvalue weighted by molar-refractivity contribution is 5.82. The highest BCUT2D eigenvalue weighted by Crippen LogP contribution is 2.10. The molecule has 18 heavy (non-hydrogen) atoms. The Balaban J connectivity index is 2.36. The summed E-state index contributed by atoms with van der Waals surface area (Å²) in [6.07, 6.45) is 1.38. The molecule has 0 aromatic carbocycles. The minimum absolute atomic E-state index is 0.0719. The van der Waals surface area contributed by atoms with Crippen molar-refractivity contribution < 1.29 is 19.5 Å². The summed E-state index contributed by atoms with van der Waals surface area (Å²) >= 11 is 0. The maximum Gasteiger partial charge on any atom is 0.325 e. The molecule has 0 bridgehead atoms. The third-order valence-corrected chi connectivity index (χ3v) is 2.90. The van der Waals surface area contributed by atoms with Crippen LogP contribution in [0.15, 0.2) is 0 Å². The first-order valence-corrected chi connectivity index (χ1v) is 5.95. The lowest BCUT2D eigenvalue weighted by Crippen LogP contribution is -2.51. The van der Waals surface area contributed by atoms with Crippen molar-refractivity contribution >= 4 is 17.9 Å². The lowest BCUT2D eigenvalue weighted by Gasteiger charge is -2.32. The van der Waals surface area contributed by atoms with Crippen molar-refractivity contribution in [3.63, 3.8) is 0 Å². The van der Waals surface area contributed by atoms with Gasteiger partial charge in [-0.05, 0) is 19.8 Å². The quantitative estimate of drug-likeness (QED) is 0.650. The molecule has 3 N–H and O–H groups in total. The number of urea groups is 1. The van der Waals surface area contributed by atoms with Gasteiger partial charge in [0.15, 0.2) is 0 Å². The fourth-order valence-corrected chi connectivity index (χ4v) is 1.85. The summed E-state index contributed by atoms with van der Waals surface area (Å²) < 4.78 is 0. The van der Waals surface area contributed by atoms with E-state index in [2.05, 4.69) is 10.6 Å². The molecule has 1 aliphatic heterocycles. The van der Waals surface area contributed by atoms with Crippen LogP contribution in [0.2, 0.25) is 0 Å². The average molecular weight is 257 g/mol. The van der Waals surface area contributed by atoms with Crippen molar-refractivity contribution in [3.8, 4) is 0 Å². The molecule has 1 heterocycles. The van der Waals surface area contributed by atoms with Crippen molar-refractivity contribution in [2.75, 3.05) is 13.1 Å². The van der Waals surface area contributed by atoms with Crippen LogP contribution in [-0.2, 0) is 9.59 Å². The summed E-state index contributed by atoms with van der Waals surface area (Å²) in [5, 5.41) is 13.9. The van der Waals surface area contributed by atoms with E-state index in [1.165, 1.54) is 13.8 Å². The predicted molar refractivity (Wildman–Crippen MR) is 64.0 cm³/mol. The molecule has 102 valence electrons. The number of aliphatic carboxylic acids is 1. The molecule has 1 atom stereocenters. The van der Waals surface area contributed by atoms with E-state index < -0.39 is 12.0 Å². The van der Waals surface area contributed by atoms with Crippen LogP contribution < -0.4 is 10.6 Å². The number of rotatable bonds is 3. The Morgan fingerprint density at radius 3 is 2.28 bits per heavy atom. The number of hydrogen-bond acceptors (Lipinski definition) is 3. The monoisotopic (exact) mass is 257 g/mol. The van der Waals surface area contributed by atoms with E-state index in [9.17, 15) is 14.4 Å². The van der Waals surface area contributed by atoms with Crippen LogP contribution in [0.1, 0.15) is 26.7 Å². The Hall–Kier alpha value is -1.79. The molecule has 7 heteroatoms. The fourth-order valence-electron chi connectivity index (χ4n) is 1.85. The van der Waals surface area contributed by atoms with Crippen LogP contribution in [-0.4, -0.2) is 53.1 Å². The van der Waals surface area contributed by atoms with Gasteiger partial charge in [-0.3, -0.25) is 9.59 Å². The molecule has 1 fully saturated rings. The molecule has 0 aromatic heterocycles. The zero-order valence-corrected chi connectivity index (χ0v) is 10.6. The highest BCUT2D eigenvalue weighted by atomic mass is 16.4. The fraction of sp³-hybridized carbons (Fsp3) is 0.727. The second kappa shape index (κ2) is 6.23. The number of hydrogen-bond donors (Lipinski definition) is 3. The van der Waals surface area contributed by atoms with E-state index >= 15 is 0 Å². The molecule has 1 rings (SSSR count). The van der Waals surface area contributed by atoms with Crippen LogP contribution in [0.3, 0.4) is 0 Å². The summed E-state index contributed by atoms with van der Waals surface area (Å²) in [5.74, 6) is -1.13. The average Bonchev–Trinajstić information content (AvgIpc) is 2.28. The van der Waals surface area contributed by atoms with Gasteiger partial charge in [-0.25, -0.2) is 4.79 Å². The molecule has 0 unspecified atom stereocenters. The van der Waals surface area contributed by atoms with Crippen LogP contribution in [0, 0.1) is 0 Å². The number of piperidine rings is 1. The zero-order valence-electron chi connectivity index (χ0n) is 10.6. The molecule has 7 nitrogen and oxygen atoms in total. The van der Waals surface area contributed by atoms with E-state index in [1.54, 1.807) is 4.90 Å². The minimum Gasteiger partial charge on any atom is -0.480 e. The van der Waals surface area contributed by atoms with Gasteiger partial charge in [0.25, 0.3) is 0 Å². The molecule has 0 aliphatic carbocycles. The summed E-state index contributed by atoms with van der Waals surface area (Å²) in [4.78, 5) is 34.8. The number of nitrogens with zero attached hydrogens (tertiary/aromatic N) is 1. The molecule has 0 saturated carbocycles. The SMILES string of the molecule is CC(=O)NC1CCN(C(=O)N[C@@H](C)C(=O)O)CC1. The molecule has 0 spiro atoms. The van der Waals surface area contributed by atoms with Gasteiger partial charge < -0.3 is 20.6 Å². The molecular formula is C11H19N3O4. The van der Waals surface area contributed by atoms with Gasteiger partial charge in [0.1, 0.15) is 6.04 Å². The van der Waals surface area contributed by atoms with E-state index in [4.69, 9.17) is 5.11 Å². The first kappa shape index (κ1) is 14.3. The zero-order chi connectivity index (χ0) is 13.7. The van der Waals surface area contributed by atoms with Crippen LogP contribution >= 0.6 is 0 Å². The molecule has 1 aliphatic rings. The van der Waals surface area contributed by atoms with E-state index in [0.717, 1.165) is 0 Å². The standard InChI is InChI=1S/C11H19N3O4/c1-7(10(16)17)12-11(18)14-5-3-9(4-6-14)13-8(2)15/h7,9H,3-6H2,1-2H3,(H,12,18)(H,13,15)(H,16,17)/t7-/m0/s1. The summed E-state index contributed by atoms with van der Waals surface area (Å²) in [7, 11) is 0. The molecule has 1 saturated heterocycles. The third-order valence-electron chi connectivity index (χ3n) is 2.90. The number of carbonyl (C=O) groups is 3. The highest BCUT2D eigenvalue weighted by Gasteiger charge is 2.25. The number of carbonyl (C=O) groups excluding carboxylic acids is 2. The number of likely N-dealkylation sites (tertiary alicyclic amines) is 1. The Bertz CT molecular complexity index is 337. The molecule has 0 radical (unpaired) electrons. The maximum atomic E-state index is 11.7. The van der Waals surface area contributed by atoms with Crippen LogP contribution in [0.5, 0.6) is 0 Å². The number of nitrogens with one attached hydrogen (secondary N) is 2. The number of carboxylic acids is 1. The first-order valence-electron chi connectivity index (χ1n) is 5.95. The lowest BCUT2D eigenvalue weighted by atomic mass is 10.1. The Labute approximate surface area is 106 Å². The van der Waals surface area contributed by atoms with Crippen molar-refractivity contribution in [3.05, 3.63) is 0 Å². The first-order chi connectivity index (χ1) is 8.40. The topological polar surface area (TPSA) is 98.7 Å².